The third kappa shape index (κ3) is 3.72. The molecule has 0 saturated carbocycles. The highest BCUT2D eigenvalue weighted by Crippen LogP contribution is 2.48. The highest BCUT2D eigenvalue weighted by atomic mass is 16.5. The number of fused-ring (bicyclic) bond motifs is 6. The fourth-order valence-corrected chi connectivity index (χ4v) is 5.19. The summed E-state index contributed by atoms with van der Waals surface area (Å²) in [6, 6.07) is 33.6. The Balaban J connectivity index is 1.75. The first kappa shape index (κ1) is 22.4. The summed E-state index contributed by atoms with van der Waals surface area (Å²) in [7, 11) is 0. The summed E-state index contributed by atoms with van der Waals surface area (Å²) in [4.78, 5) is 0. The summed E-state index contributed by atoms with van der Waals surface area (Å²) in [5, 5.41) is 28.1. The zero-order valence-electron chi connectivity index (χ0n) is 19.8. The zero-order valence-corrected chi connectivity index (χ0v) is 19.8. The lowest BCUT2D eigenvalue weighted by Gasteiger charge is -2.21. The summed E-state index contributed by atoms with van der Waals surface area (Å²) in [5.41, 5.74) is 1.95. The molecule has 0 aromatic heterocycles. The van der Waals surface area contributed by atoms with Gasteiger partial charge in [0.2, 0.25) is 0 Å². The van der Waals surface area contributed by atoms with E-state index in [-0.39, 0.29) is 26.4 Å². The van der Waals surface area contributed by atoms with Crippen molar-refractivity contribution in [2.24, 2.45) is 0 Å². The van der Waals surface area contributed by atoms with Crippen LogP contribution in [0.15, 0.2) is 97.1 Å². The Morgan fingerprint density at radius 1 is 0.500 bits per heavy atom. The van der Waals surface area contributed by atoms with Crippen LogP contribution in [0.2, 0.25) is 0 Å². The van der Waals surface area contributed by atoms with Gasteiger partial charge in [-0.2, -0.15) is 0 Å². The molecule has 6 aromatic carbocycles. The minimum atomic E-state index is -0.116. The van der Waals surface area contributed by atoms with Crippen molar-refractivity contribution in [2.75, 3.05) is 26.4 Å². The summed E-state index contributed by atoms with van der Waals surface area (Å²) in [6.07, 6.45) is 0. The first-order valence-corrected chi connectivity index (χ1v) is 12.2. The van der Waals surface area contributed by atoms with Gasteiger partial charge in [0.1, 0.15) is 13.2 Å². The Labute approximate surface area is 208 Å². The minimum Gasteiger partial charge on any atom is -0.487 e. The van der Waals surface area contributed by atoms with Crippen LogP contribution >= 0.6 is 0 Å². The topological polar surface area (TPSA) is 58.9 Å². The third-order valence-electron chi connectivity index (χ3n) is 6.71. The smallest absolute Gasteiger partial charge is 0.169 e. The maximum Gasteiger partial charge on any atom is 0.169 e. The van der Waals surface area contributed by atoms with Gasteiger partial charge in [0.25, 0.3) is 0 Å². The molecule has 0 bridgehead atoms. The molecule has 0 fully saturated rings. The van der Waals surface area contributed by atoms with Crippen molar-refractivity contribution in [3.8, 4) is 22.6 Å². The molecule has 6 rings (SSSR count). The third-order valence-corrected chi connectivity index (χ3v) is 6.71. The molecule has 0 aliphatic rings. The monoisotopic (exact) mass is 474 g/mol. The molecule has 4 heteroatoms. The van der Waals surface area contributed by atoms with Crippen LogP contribution < -0.4 is 9.47 Å². The molecule has 0 aliphatic carbocycles. The van der Waals surface area contributed by atoms with E-state index in [1.807, 2.05) is 18.2 Å². The molecule has 6 aromatic rings. The van der Waals surface area contributed by atoms with Crippen molar-refractivity contribution in [2.45, 2.75) is 0 Å². The summed E-state index contributed by atoms with van der Waals surface area (Å²) in [6.45, 7) is 0.0536. The van der Waals surface area contributed by atoms with E-state index in [1.165, 1.54) is 10.8 Å². The van der Waals surface area contributed by atoms with Gasteiger partial charge in [-0.25, -0.2) is 0 Å². The highest BCUT2D eigenvalue weighted by Gasteiger charge is 2.21. The van der Waals surface area contributed by atoms with Crippen LogP contribution in [0.5, 0.6) is 11.5 Å². The van der Waals surface area contributed by atoms with E-state index in [2.05, 4.69) is 78.9 Å². The van der Waals surface area contributed by atoms with Crippen molar-refractivity contribution in [1.82, 2.24) is 0 Å². The number of aliphatic hydroxyl groups excluding tert-OH is 2. The van der Waals surface area contributed by atoms with E-state index in [1.54, 1.807) is 0 Å². The molecule has 0 aliphatic heterocycles. The Kier molecular flexibility index (Phi) is 5.90. The fraction of sp³-hybridized carbons (Fsp3) is 0.125. The Hall–Kier alpha value is -4.12. The van der Waals surface area contributed by atoms with Gasteiger partial charge in [-0.05, 0) is 54.7 Å². The second-order valence-electron chi connectivity index (χ2n) is 8.79. The van der Waals surface area contributed by atoms with Crippen LogP contribution in [0.25, 0.3) is 54.2 Å². The average molecular weight is 475 g/mol. The van der Waals surface area contributed by atoms with Crippen molar-refractivity contribution in [1.29, 1.82) is 0 Å². The van der Waals surface area contributed by atoms with Gasteiger partial charge in [-0.1, -0.05) is 91.0 Å². The van der Waals surface area contributed by atoms with Gasteiger partial charge in [-0.15, -0.1) is 0 Å². The van der Waals surface area contributed by atoms with Gasteiger partial charge >= 0.3 is 0 Å². The molecule has 0 atom stereocenters. The summed E-state index contributed by atoms with van der Waals surface area (Å²) in [5.74, 6) is 1.12. The molecule has 0 heterocycles. The Morgan fingerprint density at radius 2 is 1.11 bits per heavy atom. The second kappa shape index (κ2) is 9.50. The lowest BCUT2D eigenvalue weighted by Crippen LogP contribution is -2.08. The highest BCUT2D eigenvalue weighted by molar-refractivity contribution is 6.19. The number of ether oxygens (including phenoxy) is 2. The van der Waals surface area contributed by atoms with Gasteiger partial charge in [0.05, 0.1) is 13.2 Å². The molecule has 36 heavy (non-hydrogen) atoms. The molecule has 2 N–H and O–H groups in total. The summed E-state index contributed by atoms with van der Waals surface area (Å²) >= 11 is 0. The van der Waals surface area contributed by atoms with Gasteiger partial charge in [0.15, 0.2) is 11.5 Å². The quantitative estimate of drug-likeness (QED) is 0.253. The molecule has 4 nitrogen and oxygen atoms in total. The largest absolute Gasteiger partial charge is 0.487 e. The molecule has 0 saturated heterocycles. The normalized spacial score (nSPS) is 11.5. The van der Waals surface area contributed by atoms with E-state index in [4.69, 9.17) is 9.47 Å². The molecule has 178 valence electrons. The molecule has 0 unspecified atom stereocenters. The maximum absolute atomic E-state index is 9.59. The van der Waals surface area contributed by atoms with Crippen LogP contribution in [-0.2, 0) is 0 Å². The Bertz CT molecular complexity index is 1720. The van der Waals surface area contributed by atoms with E-state index >= 15 is 0 Å². The number of rotatable bonds is 7. The first-order chi connectivity index (χ1) is 17.8. The van der Waals surface area contributed by atoms with Gasteiger partial charge < -0.3 is 19.7 Å². The van der Waals surface area contributed by atoms with Gasteiger partial charge in [0, 0.05) is 5.56 Å². The van der Waals surface area contributed by atoms with Crippen LogP contribution in [0.1, 0.15) is 0 Å². The lowest BCUT2D eigenvalue weighted by molar-refractivity contribution is 0.179. The summed E-state index contributed by atoms with van der Waals surface area (Å²) < 4.78 is 12.2. The minimum absolute atomic E-state index is 0.109. The number of aliphatic hydroxyl groups is 2. The van der Waals surface area contributed by atoms with E-state index in [0.717, 1.165) is 43.4 Å². The molecule has 0 amide bonds. The van der Waals surface area contributed by atoms with Crippen molar-refractivity contribution in [3.63, 3.8) is 0 Å². The Morgan fingerprint density at radius 3 is 1.83 bits per heavy atom. The number of benzene rings is 6. The maximum atomic E-state index is 9.59. The predicted octanol–water partition coefficient (Wildman–Crippen LogP) is 6.71. The van der Waals surface area contributed by atoms with E-state index in [0.29, 0.717) is 11.5 Å². The van der Waals surface area contributed by atoms with Crippen molar-refractivity contribution in [3.05, 3.63) is 97.1 Å². The van der Waals surface area contributed by atoms with Crippen LogP contribution in [0, 0.1) is 0 Å². The van der Waals surface area contributed by atoms with Crippen LogP contribution in [-0.4, -0.2) is 36.6 Å². The van der Waals surface area contributed by atoms with Gasteiger partial charge in [-0.3, -0.25) is 0 Å². The van der Waals surface area contributed by atoms with Crippen LogP contribution in [0.4, 0.5) is 0 Å². The molecule has 0 radical (unpaired) electrons. The van der Waals surface area contributed by atoms with E-state index in [9.17, 15) is 10.2 Å². The number of hydrogen-bond acceptors (Lipinski definition) is 4. The average Bonchev–Trinajstić information content (AvgIpc) is 2.94. The lowest BCUT2D eigenvalue weighted by atomic mass is 9.89. The number of hydrogen-bond donors (Lipinski definition) is 2. The standard InChI is InChI=1S/C32H26O4/c33-16-18-35-30-20-29-24-9-4-2-7-22(24)13-15-28(29)31(32(30)36-19-17-34)27-11-5-10-25-23-8-3-1-6-21(23)12-14-26(25)27/h1-15,20,33-34H,16-19H2. The first-order valence-electron chi connectivity index (χ1n) is 12.2. The van der Waals surface area contributed by atoms with Crippen molar-refractivity contribution >= 4 is 43.1 Å². The molecule has 0 spiro atoms. The predicted molar refractivity (Wildman–Crippen MR) is 147 cm³/mol. The van der Waals surface area contributed by atoms with Crippen LogP contribution in [0.3, 0.4) is 0 Å². The van der Waals surface area contributed by atoms with E-state index < -0.39 is 0 Å². The second-order valence-corrected chi connectivity index (χ2v) is 8.79. The zero-order chi connectivity index (χ0) is 24.5. The molecular formula is C32H26O4. The molecular weight excluding hydrogens is 448 g/mol. The fourth-order valence-electron chi connectivity index (χ4n) is 5.19. The van der Waals surface area contributed by atoms with Crippen molar-refractivity contribution < 1.29 is 19.7 Å². The SMILES string of the molecule is OCCOc1cc2c(ccc3ccccc32)c(-c2cccc3c2ccc2ccccc23)c1OCCO.